The van der Waals surface area contributed by atoms with Crippen molar-refractivity contribution in [1.82, 2.24) is 0 Å². The highest BCUT2D eigenvalue weighted by molar-refractivity contribution is 6.32. The van der Waals surface area contributed by atoms with E-state index in [1.807, 2.05) is 6.92 Å². The van der Waals surface area contributed by atoms with Crippen LogP contribution in [-0.2, 0) is 9.53 Å². The highest BCUT2D eigenvalue weighted by atomic mass is 35.5. The molecule has 0 aliphatic carbocycles. The number of para-hydroxylation sites is 1. The third kappa shape index (κ3) is 4.77. The van der Waals surface area contributed by atoms with Gasteiger partial charge in [0.05, 0.1) is 11.6 Å². The van der Waals surface area contributed by atoms with Gasteiger partial charge in [0.25, 0.3) is 0 Å². The van der Waals surface area contributed by atoms with Gasteiger partial charge in [0.15, 0.2) is 0 Å². The van der Waals surface area contributed by atoms with Crippen molar-refractivity contribution >= 4 is 23.6 Å². The predicted molar refractivity (Wildman–Crippen MR) is 70.1 cm³/mol. The van der Waals surface area contributed by atoms with E-state index in [1.54, 1.807) is 18.2 Å². The van der Waals surface area contributed by atoms with Crippen molar-refractivity contribution in [2.45, 2.75) is 6.92 Å². The Morgan fingerprint density at radius 3 is 2.89 bits per heavy atom. The first-order chi connectivity index (χ1) is 8.65. The number of ether oxygens (including phenoxy) is 2. The van der Waals surface area contributed by atoms with Crippen LogP contribution in [0, 0.1) is 0 Å². The summed E-state index contributed by atoms with van der Waals surface area (Å²) in [6.45, 7) is 3.35. The van der Waals surface area contributed by atoms with E-state index in [0.717, 1.165) is 6.08 Å². The first-order valence-electron chi connectivity index (χ1n) is 5.55. The Morgan fingerprint density at radius 1 is 1.44 bits per heavy atom. The fraction of sp³-hybridized carbons (Fsp3) is 0.308. The molecule has 0 amide bonds. The van der Waals surface area contributed by atoms with Crippen molar-refractivity contribution in [1.29, 1.82) is 0 Å². The van der Waals surface area contributed by atoms with Gasteiger partial charge in [-0.15, -0.1) is 0 Å². The molecule has 98 valence electrons. The minimum Gasteiger partial charge on any atom is -0.489 e. The monoisotopic (exact) mass is 270 g/mol. The lowest BCUT2D eigenvalue weighted by Crippen LogP contribution is -2.07. The third-order valence-electron chi connectivity index (χ3n) is 2.08. The summed E-state index contributed by atoms with van der Waals surface area (Å²) in [5.74, 6) is -0.549. The minimum atomic E-state index is -1.02. The second kappa shape index (κ2) is 7.74. The quantitative estimate of drug-likeness (QED) is 0.611. The van der Waals surface area contributed by atoms with Gasteiger partial charge in [-0.3, -0.25) is 0 Å². The molecule has 1 aromatic carbocycles. The van der Waals surface area contributed by atoms with Gasteiger partial charge in [0.1, 0.15) is 12.4 Å². The smallest absolute Gasteiger partial charge is 0.328 e. The van der Waals surface area contributed by atoms with Gasteiger partial charge in [-0.2, -0.15) is 0 Å². The molecule has 18 heavy (non-hydrogen) atoms. The molecule has 0 saturated heterocycles. The minimum absolute atomic E-state index is 0.367. The highest BCUT2D eigenvalue weighted by Crippen LogP contribution is 2.29. The van der Waals surface area contributed by atoms with Crippen molar-refractivity contribution in [2.24, 2.45) is 0 Å². The van der Waals surface area contributed by atoms with E-state index in [9.17, 15) is 4.79 Å². The van der Waals surface area contributed by atoms with Crippen molar-refractivity contribution < 1.29 is 19.4 Å². The van der Waals surface area contributed by atoms with E-state index in [-0.39, 0.29) is 0 Å². The van der Waals surface area contributed by atoms with E-state index in [2.05, 4.69) is 0 Å². The molecule has 1 rings (SSSR count). The Bertz CT molecular complexity index is 429. The molecule has 0 radical (unpaired) electrons. The molecule has 1 aromatic rings. The Balaban J connectivity index is 2.77. The average Bonchev–Trinajstić information content (AvgIpc) is 2.34. The number of halogens is 1. The van der Waals surface area contributed by atoms with E-state index in [4.69, 9.17) is 26.2 Å². The van der Waals surface area contributed by atoms with Crippen molar-refractivity contribution in [2.75, 3.05) is 19.8 Å². The number of hydrogen-bond donors (Lipinski definition) is 1. The van der Waals surface area contributed by atoms with E-state index >= 15 is 0 Å². The topological polar surface area (TPSA) is 55.8 Å². The summed E-state index contributed by atoms with van der Waals surface area (Å²) < 4.78 is 10.7. The van der Waals surface area contributed by atoms with Crippen molar-refractivity contribution in [3.8, 4) is 5.75 Å². The maximum Gasteiger partial charge on any atom is 0.328 e. The molecule has 0 aliphatic rings. The number of carboxylic acids is 1. The summed E-state index contributed by atoms with van der Waals surface area (Å²) >= 11 is 6.01. The van der Waals surface area contributed by atoms with Gasteiger partial charge in [0.2, 0.25) is 0 Å². The lowest BCUT2D eigenvalue weighted by atomic mass is 10.2. The van der Waals surface area contributed by atoms with E-state index < -0.39 is 5.97 Å². The Hall–Kier alpha value is -1.52. The molecular weight excluding hydrogens is 256 g/mol. The van der Waals surface area contributed by atoms with Crippen LogP contribution in [0.4, 0.5) is 0 Å². The number of rotatable bonds is 7. The number of carbonyl (C=O) groups is 1. The number of hydrogen-bond acceptors (Lipinski definition) is 3. The zero-order valence-corrected chi connectivity index (χ0v) is 10.8. The molecule has 0 heterocycles. The van der Waals surface area contributed by atoms with Crippen molar-refractivity contribution in [3.63, 3.8) is 0 Å². The fourth-order valence-corrected chi connectivity index (χ4v) is 1.55. The van der Waals surface area contributed by atoms with Gasteiger partial charge >= 0.3 is 5.97 Å². The van der Waals surface area contributed by atoms with Crippen LogP contribution >= 0.6 is 11.6 Å². The Labute approximate surface area is 111 Å². The van der Waals surface area contributed by atoms with E-state index in [0.29, 0.717) is 36.2 Å². The second-order valence-electron chi connectivity index (χ2n) is 3.38. The molecular formula is C13H15ClO4. The zero-order chi connectivity index (χ0) is 13.4. The van der Waals surface area contributed by atoms with Gasteiger partial charge < -0.3 is 14.6 Å². The van der Waals surface area contributed by atoms with Crippen LogP contribution in [0.3, 0.4) is 0 Å². The predicted octanol–water partition coefficient (Wildman–Crippen LogP) is 2.85. The average molecular weight is 271 g/mol. The van der Waals surface area contributed by atoms with Gasteiger partial charge in [-0.1, -0.05) is 23.7 Å². The maximum absolute atomic E-state index is 10.5. The van der Waals surface area contributed by atoms with Crippen molar-refractivity contribution in [3.05, 3.63) is 34.9 Å². The van der Waals surface area contributed by atoms with Crippen LogP contribution < -0.4 is 4.74 Å². The van der Waals surface area contributed by atoms with Gasteiger partial charge in [-0.05, 0) is 19.1 Å². The fourth-order valence-electron chi connectivity index (χ4n) is 1.32. The Morgan fingerprint density at radius 2 is 2.22 bits per heavy atom. The first-order valence-corrected chi connectivity index (χ1v) is 5.93. The molecule has 0 unspecified atom stereocenters. The molecule has 4 nitrogen and oxygen atoms in total. The molecule has 0 aromatic heterocycles. The summed E-state index contributed by atoms with van der Waals surface area (Å²) in [7, 11) is 0. The van der Waals surface area contributed by atoms with Crippen LogP contribution in [0.2, 0.25) is 5.02 Å². The summed E-state index contributed by atoms with van der Waals surface area (Å²) in [6.07, 6.45) is 2.49. The standard InChI is InChI=1S/C13H15ClO4/c1-2-17-8-9-18-13-10(6-7-12(15)16)4-3-5-11(13)14/h3-7H,2,8-9H2,1H3,(H,15,16)/b7-6+. The highest BCUT2D eigenvalue weighted by Gasteiger charge is 2.06. The lowest BCUT2D eigenvalue weighted by Gasteiger charge is -2.10. The number of carboxylic acid groups (broad SMARTS) is 1. The molecule has 0 bridgehead atoms. The molecule has 0 spiro atoms. The largest absolute Gasteiger partial charge is 0.489 e. The molecule has 0 aliphatic heterocycles. The molecule has 0 fully saturated rings. The van der Waals surface area contributed by atoms with Crippen LogP contribution in [0.25, 0.3) is 6.08 Å². The van der Waals surface area contributed by atoms with Crippen LogP contribution in [0.1, 0.15) is 12.5 Å². The number of benzene rings is 1. The van der Waals surface area contributed by atoms with Crippen LogP contribution in [-0.4, -0.2) is 30.9 Å². The molecule has 5 heteroatoms. The second-order valence-corrected chi connectivity index (χ2v) is 3.78. The number of aliphatic carboxylic acids is 1. The SMILES string of the molecule is CCOCCOc1c(Cl)cccc1/C=C/C(=O)O. The van der Waals surface area contributed by atoms with Gasteiger partial charge in [-0.25, -0.2) is 4.79 Å². The summed E-state index contributed by atoms with van der Waals surface area (Å²) in [6, 6.07) is 5.16. The molecule has 0 atom stereocenters. The first kappa shape index (κ1) is 14.5. The summed E-state index contributed by atoms with van der Waals surface area (Å²) in [5, 5.41) is 9.04. The Kier molecular flexibility index (Phi) is 6.25. The normalized spacial score (nSPS) is 10.8. The summed E-state index contributed by atoms with van der Waals surface area (Å²) in [5.41, 5.74) is 0.626. The zero-order valence-electron chi connectivity index (χ0n) is 10.1. The summed E-state index contributed by atoms with van der Waals surface area (Å²) in [4.78, 5) is 10.5. The lowest BCUT2D eigenvalue weighted by molar-refractivity contribution is -0.131. The maximum atomic E-state index is 10.5. The van der Waals surface area contributed by atoms with Crippen LogP contribution in [0.15, 0.2) is 24.3 Å². The van der Waals surface area contributed by atoms with E-state index in [1.165, 1.54) is 6.08 Å². The molecule has 0 saturated carbocycles. The molecule has 1 N–H and O–H groups in total. The third-order valence-corrected chi connectivity index (χ3v) is 2.38. The van der Waals surface area contributed by atoms with Crippen LogP contribution in [0.5, 0.6) is 5.75 Å². The van der Waals surface area contributed by atoms with Gasteiger partial charge in [0, 0.05) is 18.2 Å².